The molecule has 2 heterocycles. The number of likely N-dealkylation sites (N-methyl/N-ethyl adjacent to an activating group) is 1. The van der Waals surface area contributed by atoms with E-state index in [4.69, 9.17) is 0 Å². The molecule has 0 aliphatic carbocycles. The fourth-order valence-corrected chi connectivity index (χ4v) is 2.88. The molecule has 17 heavy (non-hydrogen) atoms. The van der Waals surface area contributed by atoms with Gasteiger partial charge in [0, 0.05) is 50.6 Å². The summed E-state index contributed by atoms with van der Waals surface area (Å²) in [6, 6.07) is 7.00. The summed E-state index contributed by atoms with van der Waals surface area (Å²) >= 11 is 0. The topological polar surface area (TPSA) is 18.5 Å². The molecule has 0 amide bonds. The summed E-state index contributed by atoms with van der Waals surface area (Å²) in [4.78, 5) is 4.98. The first-order valence-corrected chi connectivity index (χ1v) is 6.72. The minimum Gasteiger partial charge on any atom is -0.371 e. The molecule has 0 atom stereocenters. The van der Waals surface area contributed by atoms with Crippen LogP contribution in [0.2, 0.25) is 0 Å². The van der Waals surface area contributed by atoms with E-state index in [0.29, 0.717) is 0 Å². The number of rotatable bonds is 2. The molecule has 1 fully saturated rings. The van der Waals surface area contributed by atoms with Crippen molar-refractivity contribution in [1.29, 1.82) is 0 Å². The molecule has 1 aromatic rings. The third-order valence-electron chi connectivity index (χ3n) is 3.92. The van der Waals surface area contributed by atoms with Crippen molar-refractivity contribution in [2.24, 2.45) is 0 Å². The molecule has 3 heteroatoms. The van der Waals surface area contributed by atoms with Crippen molar-refractivity contribution in [2.45, 2.75) is 13.3 Å². The number of nitrogens with one attached hydrogen (secondary N) is 1. The molecular formula is C14H21N3. The molecule has 2 aliphatic heterocycles. The third-order valence-corrected chi connectivity index (χ3v) is 3.92. The highest BCUT2D eigenvalue weighted by Crippen LogP contribution is 2.31. The van der Waals surface area contributed by atoms with Crippen LogP contribution in [-0.4, -0.2) is 39.3 Å². The Bertz CT molecular complexity index is 396. The van der Waals surface area contributed by atoms with Gasteiger partial charge >= 0.3 is 0 Å². The van der Waals surface area contributed by atoms with Gasteiger partial charge in [-0.2, -0.15) is 0 Å². The average molecular weight is 231 g/mol. The van der Waals surface area contributed by atoms with Crippen LogP contribution in [0.3, 0.4) is 0 Å². The molecular weight excluding hydrogens is 210 g/mol. The molecule has 0 bridgehead atoms. The highest BCUT2D eigenvalue weighted by molar-refractivity contribution is 5.66. The Morgan fingerprint density at radius 3 is 2.76 bits per heavy atom. The van der Waals surface area contributed by atoms with Gasteiger partial charge < -0.3 is 15.1 Å². The smallest absolute Gasteiger partial charge is 0.0420 e. The van der Waals surface area contributed by atoms with E-state index < -0.39 is 0 Å². The second-order valence-electron chi connectivity index (χ2n) is 4.88. The second kappa shape index (κ2) is 4.57. The number of benzene rings is 1. The largest absolute Gasteiger partial charge is 0.371 e. The van der Waals surface area contributed by atoms with Gasteiger partial charge in [-0.25, -0.2) is 0 Å². The zero-order valence-corrected chi connectivity index (χ0v) is 10.6. The van der Waals surface area contributed by atoms with E-state index in [1.165, 1.54) is 29.9 Å². The monoisotopic (exact) mass is 231 g/mol. The van der Waals surface area contributed by atoms with Gasteiger partial charge in [0.1, 0.15) is 0 Å². The number of hydrogen-bond donors (Lipinski definition) is 1. The Balaban J connectivity index is 1.86. The molecule has 0 spiro atoms. The normalized spacial score (nSPS) is 19.6. The maximum atomic E-state index is 3.40. The van der Waals surface area contributed by atoms with Crippen molar-refractivity contribution in [3.8, 4) is 0 Å². The van der Waals surface area contributed by atoms with Gasteiger partial charge in [0.15, 0.2) is 0 Å². The fourth-order valence-electron chi connectivity index (χ4n) is 2.88. The summed E-state index contributed by atoms with van der Waals surface area (Å²) in [6.45, 7) is 9.03. The number of fused-ring (bicyclic) bond motifs is 1. The van der Waals surface area contributed by atoms with Crippen LogP contribution in [0.25, 0.3) is 0 Å². The van der Waals surface area contributed by atoms with Gasteiger partial charge in [0.05, 0.1) is 0 Å². The number of piperazine rings is 1. The molecule has 3 rings (SSSR count). The van der Waals surface area contributed by atoms with Crippen LogP contribution in [0.15, 0.2) is 18.2 Å². The van der Waals surface area contributed by atoms with Crippen molar-refractivity contribution in [1.82, 2.24) is 5.32 Å². The van der Waals surface area contributed by atoms with E-state index in [2.05, 4.69) is 40.2 Å². The van der Waals surface area contributed by atoms with Crippen molar-refractivity contribution in [3.05, 3.63) is 23.8 Å². The molecule has 1 N–H and O–H groups in total. The predicted molar refractivity (Wildman–Crippen MR) is 73.1 cm³/mol. The molecule has 3 nitrogen and oxygen atoms in total. The zero-order chi connectivity index (χ0) is 11.7. The van der Waals surface area contributed by atoms with Crippen molar-refractivity contribution < 1.29 is 0 Å². The van der Waals surface area contributed by atoms with Crippen molar-refractivity contribution in [2.75, 3.05) is 49.1 Å². The molecule has 1 saturated heterocycles. The van der Waals surface area contributed by atoms with E-state index in [1.54, 1.807) is 0 Å². The minimum atomic E-state index is 1.11. The van der Waals surface area contributed by atoms with Crippen LogP contribution in [0.5, 0.6) is 0 Å². The lowest BCUT2D eigenvalue weighted by Gasteiger charge is -2.30. The molecule has 92 valence electrons. The van der Waals surface area contributed by atoms with Crippen LogP contribution >= 0.6 is 0 Å². The average Bonchev–Trinajstić information content (AvgIpc) is 2.81. The maximum absolute atomic E-state index is 3.40. The van der Waals surface area contributed by atoms with Gasteiger partial charge in [-0.05, 0) is 31.0 Å². The Kier molecular flexibility index (Phi) is 2.93. The minimum absolute atomic E-state index is 1.11. The third kappa shape index (κ3) is 2.00. The number of anilines is 2. The summed E-state index contributed by atoms with van der Waals surface area (Å²) < 4.78 is 0. The van der Waals surface area contributed by atoms with Gasteiger partial charge in [-0.1, -0.05) is 6.07 Å². The SMILES string of the molecule is CCN1CCc2ccc(N3CCNCC3)cc21. The molecule has 0 unspecified atom stereocenters. The van der Waals surface area contributed by atoms with Crippen molar-refractivity contribution >= 4 is 11.4 Å². The standard InChI is InChI=1S/C14H21N3/c1-2-16-8-5-12-3-4-13(11-14(12)16)17-9-6-15-7-10-17/h3-4,11,15H,2,5-10H2,1H3. The van der Waals surface area contributed by atoms with Crippen LogP contribution < -0.4 is 15.1 Å². The van der Waals surface area contributed by atoms with E-state index in [-0.39, 0.29) is 0 Å². The first-order chi connectivity index (χ1) is 8.38. The summed E-state index contributed by atoms with van der Waals surface area (Å²) in [6.07, 6.45) is 1.21. The fraction of sp³-hybridized carbons (Fsp3) is 0.571. The van der Waals surface area contributed by atoms with E-state index >= 15 is 0 Å². The molecule has 2 aliphatic rings. The Labute approximate surface area is 103 Å². The zero-order valence-electron chi connectivity index (χ0n) is 10.6. The van der Waals surface area contributed by atoms with E-state index in [9.17, 15) is 0 Å². The number of hydrogen-bond acceptors (Lipinski definition) is 3. The van der Waals surface area contributed by atoms with Gasteiger partial charge in [0.25, 0.3) is 0 Å². The molecule has 0 radical (unpaired) electrons. The van der Waals surface area contributed by atoms with E-state index in [0.717, 1.165) is 32.7 Å². The summed E-state index contributed by atoms with van der Waals surface area (Å²) in [7, 11) is 0. The highest BCUT2D eigenvalue weighted by atomic mass is 15.2. The van der Waals surface area contributed by atoms with Gasteiger partial charge in [-0.15, -0.1) is 0 Å². The Morgan fingerprint density at radius 2 is 2.00 bits per heavy atom. The van der Waals surface area contributed by atoms with Crippen LogP contribution in [0, 0.1) is 0 Å². The Morgan fingerprint density at radius 1 is 1.18 bits per heavy atom. The lowest BCUT2D eigenvalue weighted by Crippen LogP contribution is -2.43. The maximum Gasteiger partial charge on any atom is 0.0420 e. The second-order valence-corrected chi connectivity index (χ2v) is 4.88. The van der Waals surface area contributed by atoms with E-state index in [1.807, 2.05) is 0 Å². The van der Waals surface area contributed by atoms with Gasteiger partial charge in [-0.3, -0.25) is 0 Å². The first-order valence-electron chi connectivity index (χ1n) is 6.72. The highest BCUT2D eigenvalue weighted by Gasteiger charge is 2.19. The first kappa shape index (κ1) is 10.9. The lowest BCUT2D eigenvalue weighted by molar-refractivity contribution is 0.589. The Hall–Kier alpha value is -1.22. The lowest BCUT2D eigenvalue weighted by atomic mass is 10.1. The van der Waals surface area contributed by atoms with Gasteiger partial charge in [0.2, 0.25) is 0 Å². The van der Waals surface area contributed by atoms with Crippen LogP contribution in [0.1, 0.15) is 12.5 Å². The quantitative estimate of drug-likeness (QED) is 0.831. The summed E-state index contributed by atoms with van der Waals surface area (Å²) in [5.41, 5.74) is 4.37. The molecule has 0 aromatic heterocycles. The van der Waals surface area contributed by atoms with Crippen LogP contribution in [-0.2, 0) is 6.42 Å². The van der Waals surface area contributed by atoms with Crippen molar-refractivity contribution in [3.63, 3.8) is 0 Å². The molecule has 1 aromatic carbocycles. The summed E-state index contributed by atoms with van der Waals surface area (Å²) in [5, 5.41) is 3.40. The molecule has 0 saturated carbocycles. The predicted octanol–water partition coefficient (Wildman–Crippen LogP) is 1.48. The van der Waals surface area contributed by atoms with Crippen LogP contribution in [0.4, 0.5) is 11.4 Å². The summed E-state index contributed by atoms with van der Waals surface area (Å²) in [5.74, 6) is 0. The number of nitrogens with zero attached hydrogens (tertiary/aromatic N) is 2.